The van der Waals surface area contributed by atoms with Crippen molar-refractivity contribution in [2.45, 2.75) is 32.9 Å². The van der Waals surface area contributed by atoms with E-state index in [1.807, 2.05) is 6.92 Å². The van der Waals surface area contributed by atoms with Crippen LogP contribution in [-0.4, -0.2) is 35.2 Å². The summed E-state index contributed by atoms with van der Waals surface area (Å²) >= 11 is 0. The largest absolute Gasteiger partial charge is 0.428 e. The summed E-state index contributed by atoms with van der Waals surface area (Å²) in [6, 6.07) is 3.06. The molecule has 0 rings (SSSR count). The second kappa shape index (κ2) is 12.3. The standard InChI is InChI=1S/C4H14Si2.C2H8OSi/c1-3-6(5)4-2;1-2-3-4/h6H,3-4H2,1-2,5H3;2H2,1,4H3. The quantitative estimate of drug-likeness (QED) is 0.546. The molecule has 0 bridgehead atoms. The third-order valence-electron chi connectivity index (χ3n) is 1.68. The third kappa shape index (κ3) is 15.8. The van der Waals surface area contributed by atoms with Gasteiger partial charge in [-0.05, 0) is 16.7 Å². The van der Waals surface area contributed by atoms with Gasteiger partial charge in [-0.2, -0.15) is 0 Å². The van der Waals surface area contributed by atoms with E-state index in [4.69, 9.17) is 0 Å². The highest BCUT2D eigenvalue weighted by Gasteiger charge is 1.91. The summed E-state index contributed by atoms with van der Waals surface area (Å²) < 4.78 is 4.68. The molecule has 0 aromatic carbocycles. The minimum Gasteiger partial charge on any atom is -0.428 e. The second-order valence-electron chi connectivity index (χ2n) is 2.50. The Bertz CT molecular complexity index is 46.3. The maximum absolute atomic E-state index is 4.68. The van der Waals surface area contributed by atoms with Crippen LogP contribution in [0.2, 0.25) is 12.1 Å². The van der Waals surface area contributed by atoms with E-state index >= 15 is 0 Å². The maximum atomic E-state index is 4.68. The molecule has 0 heterocycles. The lowest BCUT2D eigenvalue weighted by molar-refractivity contribution is 0.375. The molecular formula is C6H22OSi3. The van der Waals surface area contributed by atoms with Gasteiger partial charge in [-0.15, -0.1) is 0 Å². The fourth-order valence-corrected chi connectivity index (χ4v) is 0.866. The molecule has 0 saturated carbocycles. The first-order chi connectivity index (χ1) is 4.72. The molecule has 64 valence electrons. The minimum atomic E-state index is -0.0216. The third-order valence-corrected chi connectivity index (χ3v) is 9.95. The van der Waals surface area contributed by atoms with Gasteiger partial charge in [0.2, 0.25) is 0 Å². The van der Waals surface area contributed by atoms with Gasteiger partial charge >= 0.3 is 0 Å². The molecule has 0 aliphatic carbocycles. The van der Waals surface area contributed by atoms with E-state index in [1.54, 1.807) is 0 Å². The van der Waals surface area contributed by atoms with Crippen LogP contribution >= 0.6 is 0 Å². The van der Waals surface area contributed by atoms with Crippen LogP contribution in [0.25, 0.3) is 0 Å². The van der Waals surface area contributed by atoms with Crippen molar-refractivity contribution in [3.63, 3.8) is 0 Å². The van der Waals surface area contributed by atoms with Crippen molar-refractivity contribution >= 4 is 28.6 Å². The van der Waals surface area contributed by atoms with Crippen molar-refractivity contribution in [2.75, 3.05) is 6.61 Å². The van der Waals surface area contributed by atoms with Gasteiger partial charge in [-0.25, -0.2) is 0 Å². The van der Waals surface area contributed by atoms with Crippen molar-refractivity contribution in [3.8, 4) is 0 Å². The lowest BCUT2D eigenvalue weighted by atomic mass is 10.9. The maximum Gasteiger partial charge on any atom is 0.145 e. The van der Waals surface area contributed by atoms with E-state index in [0.717, 1.165) is 17.1 Å². The number of hydrogen-bond donors (Lipinski definition) is 0. The van der Waals surface area contributed by atoms with Gasteiger partial charge < -0.3 is 4.43 Å². The average molecular weight is 194 g/mol. The Morgan fingerprint density at radius 3 is 1.50 bits per heavy atom. The Morgan fingerprint density at radius 2 is 1.50 bits per heavy atom. The van der Waals surface area contributed by atoms with Crippen LogP contribution in [0.5, 0.6) is 0 Å². The second-order valence-corrected chi connectivity index (χ2v) is 11.8. The molecule has 0 saturated heterocycles. The zero-order valence-electron chi connectivity index (χ0n) is 8.11. The van der Waals surface area contributed by atoms with Crippen molar-refractivity contribution in [2.24, 2.45) is 0 Å². The molecule has 0 atom stereocenters. The fraction of sp³-hybridized carbons (Fsp3) is 1.00. The number of hydrogen-bond acceptors (Lipinski definition) is 1. The molecule has 0 N–H and O–H groups in total. The summed E-state index contributed by atoms with van der Waals surface area (Å²) in [5.41, 5.74) is 0. The fourth-order valence-electron chi connectivity index (χ4n) is 0.289. The highest BCUT2D eigenvalue weighted by atomic mass is 29.1. The van der Waals surface area contributed by atoms with Crippen LogP contribution in [0.4, 0.5) is 0 Å². The Balaban J connectivity index is 0. The van der Waals surface area contributed by atoms with Gasteiger partial charge in [0.15, 0.2) is 0 Å². The molecule has 0 aromatic heterocycles. The molecule has 0 amide bonds. The predicted octanol–water partition coefficient (Wildman–Crippen LogP) is -0.581. The summed E-state index contributed by atoms with van der Waals surface area (Å²) in [6.07, 6.45) is 0. The first kappa shape index (κ1) is 13.2. The minimum absolute atomic E-state index is 0.0216. The van der Waals surface area contributed by atoms with Gasteiger partial charge in [0.1, 0.15) is 10.5 Å². The van der Waals surface area contributed by atoms with E-state index < -0.39 is 0 Å². The summed E-state index contributed by atoms with van der Waals surface area (Å²) in [5.74, 6) is 0. The Labute approximate surface area is 72.9 Å². The van der Waals surface area contributed by atoms with E-state index in [0.29, 0.717) is 0 Å². The molecule has 4 heteroatoms. The van der Waals surface area contributed by atoms with Crippen LogP contribution in [0.15, 0.2) is 0 Å². The van der Waals surface area contributed by atoms with Crippen LogP contribution in [-0.2, 0) is 4.43 Å². The number of rotatable bonds is 3. The van der Waals surface area contributed by atoms with Crippen LogP contribution < -0.4 is 0 Å². The molecule has 0 fully saturated rings. The summed E-state index contributed by atoms with van der Waals surface area (Å²) in [6.45, 7) is 7.53. The lowest BCUT2D eigenvalue weighted by Crippen LogP contribution is -2.07. The molecule has 0 aromatic rings. The summed E-state index contributed by atoms with van der Waals surface area (Å²) in [5, 5.41) is 0. The predicted molar refractivity (Wildman–Crippen MR) is 59.6 cm³/mol. The zero-order chi connectivity index (χ0) is 8.41. The Kier molecular flexibility index (Phi) is 16.3. The normalized spacial score (nSPS) is 9.60. The molecule has 0 spiro atoms. The van der Waals surface area contributed by atoms with Gasteiger partial charge in [-0.3, -0.25) is 0 Å². The van der Waals surface area contributed by atoms with Crippen LogP contribution in [0.1, 0.15) is 20.8 Å². The highest BCUT2D eigenvalue weighted by molar-refractivity contribution is 7.03. The van der Waals surface area contributed by atoms with E-state index in [9.17, 15) is 0 Å². The van der Waals surface area contributed by atoms with Crippen molar-refractivity contribution in [1.82, 2.24) is 0 Å². The van der Waals surface area contributed by atoms with Gasteiger partial charge in [0.25, 0.3) is 0 Å². The first-order valence-electron chi connectivity index (χ1n) is 4.21. The molecule has 0 aliphatic heterocycles. The first-order valence-corrected chi connectivity index (χ1v) is 11.3. The monoisotopic (exact) mass is 194 g/mol. The van der Waals surface area contributed by atoms with Gasteiger partial charge in [0, 0.05) is 14.9 Å². The SMILES string of the molecule is CCO[SiH3].CC[SiH]([SiH3])CC. The Hall–Kier alpha value is 0.611. The molecular weight excluding hydrogens is 172 g/mol. The molecule has 10 heavy (non-hydrogen) atoms. The van der Waals surface area contributed by atoms with Crippen LogP contribution in [0.3, 0.4) is 0 Å². The Morgan fingerprint density at radius 1 is 1.20 bits per heavy atom. The van der Waals surface area contributed by atoms with Crippen LogP contribution in [0, 0.1) is 0 Å². The summed E-state index contributed by atoms with van der Waals surface area (Å²) in [7, 11) is 2.40. The van der Waals surface area contributed by atoms with Gasteiger partial charge in [-0.1, -0.05) is 25.9 Å². The van der Waals surface area contributed by atoms with E-state index in [2.05, 4.69) is 18.3 Å². The van der Waals surface area contributed by atoms with Crippen molar-refractivity contribution < 1.29 is 4.43 Å². The van der Waals surface area contributed by atoms with Crippen molar-refractivity contribution in [3.05, 3.63) is 0 Å². The average Bonchev–Trinajstić information content (AvgIpc) is 2.03. The molecule has 0 aliphatic rings. The van der Waals surface area contributed by atoms with Gasteiger partial charge in [0.05, 0.1) is 0 Å². The smallest absolute Gasteiger partial charge is 0.145 e. The van der Waals surface area contributed by atoms with Crippen molar-refractivity contribution in [1.29, 1.82) is 0 Å². The molecule has 0 radical (unpaired) electrons. The van der Waals surface area contributed by atoms with E-state index in [-0.39, 0.29) is 8.31 Å². The molecule has 1 nitrogen and oxygen atoms in total. The topological polar surface area (TPSA) is 9.23 Å². The molecule has 0 unspecified atom stereocenters. The summed E-state index contributed by atoms with van der Waals surface area (Å²) in [4.78, 5) is 0. The van der Waals surface area contributed by atoms with E-state index in [1.165, 1.54) is 21.8 Å². The highest BCUT2D eigenvalue weighted by Crippen LogP contribution is 1.89. The lowest BCUT2D eigenvalue weighted by Gasteiger charge is -1.96. The zero-order valence-corrected chi connectivity index (χ0v) is 13.3.